The Balaban J connectivity index is 1.68. The second-order valence-corrected chi connectivity index (χ2v) is 7.09. The predicted molar refractivity (Wildman–Crippen MR) is 113 cm³/mol. The van der Waals surface area contributed by atoms with Crippen molar-refractivity contribution in [2.75, 3.05) is 44.7 Å². The van der Waals surface area contributed by atoms with Gasteiger partial charge in [-0.25, -0.2) is 0 Å². The van der Waals surface area contributed by atoms with E-state index in [1.165, 1.54) is 10.6 Å². The van der Waals surface area contributed by atoms with Crippen LogP contribution in [-0.4, -0.2) is 61.4 Å². The molecule has 1 saturated heterocycles. The highest BCUT2D eigenvalue weighted by molar-refractivity contribution is 6.36. The van der Waals surface area contributed by atoms with Crippen LogP contribution in [0, 0.1) is 0 Å². The van der Waals surface area contributed by atoms with E-state index < -0.39 is 0 Å². The molecule has 2 aliphatic heterocycles. The number of nitrogens with zero attached hydrogens (tertiary/aromatic N) is 3. The molecule has 29 heavy (non-hydrogen) atoms. The number of para-hydroxylation sites is 2. The predicted octanol–water partition coefficient (Wildman–Crippen LogP) is 2.62. The zero-order valence-electron chi connectivity index (χ0n) is 16.8. The largest absolute Gasteiger partial charge is 0.496 e. The van der Waals surface area contributed by atoms with E-state index >= 15 is 0 Å². The lowest BCUT2D eigenvalue weighted by molar-refractivity contribution is -0.137. The molecule has 0 aromatic heterocycles. The van der Waals surface area contributed by atoms with Crippen LogP contribution in [0.15, 0.2) is 60.3 Å². The topological polar surface area (TPSA) is 53.1 Å². The first-order valence-electron chi connectivity index (χ1n) is 9.94. The second kappa shape index (κ2) is 7.99. The zero-order chi connectivity index (χ0) is 20.4. The van der Waals surface area contributed by atoms with E-state index in [-0.39, 0.29) is 11.8 Å². The van der Waals surface area contributed by atoms with E-state index in [0.29, 0.717) is 42.2 Å². The Morgan fingerprint density at radius 1 is 0.828 bits per heavy atom. The van der Waals surface area contributed by atoms with Gasteiger partial charge in [-0.1, -0.05) is 36.4 Å². The summed E-state index contributed by atoms with van der Waals surface area (Å²) >= 11 is 0. The van der Waals surface area contributed by atoms with Gasteiger partial charge in [0.25, 0.3) is 11.8 Å². The lowest BCUT2D eigenvalue weighted by Crippen LogP contribution is -2.47. The van der Waals surface area contributed by atoms with Crippen LogP contribution < -0.4 is 9.64 Å². The molecular weight excluding hydrogens is 366 g/mol. The fraction of sp³-hybridized carbons (Fsp3) is 0.304. The van der Waals surface area contributed by atoms with Gasteiger partial charge in [-0.2, -0.15) is 0 Å². The van der Waals surface area contributed by atoms with Crippen LogP contribution in [0.4, 0.5) is 5.69 Å². The summed E-state index contributed by atoms with van der Waals surface area (Å²) in [5, 5.41) is 0. The number of amides is 2. The lowest BCUT2D eigenvalue weighted by Gasteiger charge is -2.37. The molecule has 0 saturated carbocycles. The van der Waals surface area contributed by atoms with Crippen molar-refractivity contribution in [3.05, 3.63) is 65.9 Å². The third kappa shape index (κ3) is 3.35. The third-order valence-corrected chi connectivity index (χ3v) is 5.55. The second-order valence-electron chi connectivity index (χ2n) is 7.09. The summed E-state index contributed by atoms with van der Waals surface area (Å²) in [6.45, 7) is 5.12. The molecule has 0 bridgehead atoms. The van der Waals surface area contributed by atoms with Gasteiger partial charge in [0.05, 0.1) is 12.7 Å². The van der Waals surface area contributed by atoms with E-state index in [9.17, 15) is 9.59 Å². The van der Waals surface area contributed by atoms with Gasteiger partial charge in [0, 0.05) is 44.0 Å². The molecule has 2 aliphatic rings. The number of piperazine rings is 1. The van der Waals surface area contributed by atoms with Gasteiger partial charge in [-0.05, 0) is 25.1 Å². The van der Waals surface area contributed by atoms with Gasteiger partial charge in [0.1, 0.15) is 11.4 Å². The molecule has 1 fully saturated rings. The van der Waals surface area contributed by atoms with E-state index in [2.05, 4.69) is 21.9 Å². The SMILES string of the molecule is CCN1C(=O)C(c2ccccc2OC)=C(N2CCN(c3ccccc3)CC2)C1=O. The molecule has 6 heteroatoms. The first-order valence-corrected chi connectivity index (χ1v) is 9.94. The number of rotatable bonds is 5. The molecular formula is C23H25N3O3. The first-order chi connectivity index (χ1) is 14.2. The molecule has 0 aliphatic carbocycles. The van der Waals surface area contributed by atoms with Crippen molar-refractivity contribution in [3.63, 3.8) is 0 Å². The molecule has 2 aromatic rings. The smallest absolute Gasteiger partial charge is 0.277 e. The van der Waals surface area contributed by atoms with Crippen molar-refractivity contribution in [2.45, 2.75) is 6.92 Å². The van der Waals surface area contributed by atoms with Crippen LogP contribution in [0.1, 0.15) is 12.5 Å². The highest BCUT2D eigenvalue weighted by Gasteiger charge is 2.42. The standard InChI is InChI=1S/C23H25N3O3/c1-3-26-22(27)20(18-11-7-8-12-19(18)29-2)21(23(26)28)25-15-13-24(14-16-25)17-9-5-4-6-10-17/h4-12H,3,13-16H2,1-2H3. The van der Waals surface area contributed by atoms with Gasteiger partial charge < -0.3 is 14.5 Å². The van der Waals surface area contributed by atoms with Gasteiger partial charge in [-0.3, -0.25) is 14.5 Å². The Labute approximate surface area is 171 Å². The van der Waals surface area contributed by atoms with Crippen LogP contribution in [0.25, 0.3) is 5.57 Å². The quantitative estimate of drug-likeness (QED) is 0.734. The summed E-state index contributed by atoms with van der Waals surface area (Å²) in [6, 6.07) is 17.6. The summed E-state index contributed by atoms with van der Waals surface area (Å²) in [5.74, 6) is 0.135. The summed E-state index contributed by atoms with van der Waals surface area (Å²) in [6.07, 6.45) is 0. The van der Waals surface area contributed by atoms with E-state index in [0.717, 1.165) is 13.1 Å². The third-order valence-electron chi connectivity index (χ3n) is 5.55. The first kappa shape index (κ1) is 19.1. The number of methoxy groups -OCH3 is 1. The lowest BCUT2D eigenvalue weighted by atomic mass is 10.0. The molecule has 6 nitrogen and oxygen atoms in total. The number of carbonyl (C=O) groups excluding carboxylic acids is 2. The highest BCUT2D eigenvalue weighted by Crippen LogP contribution is 2.36. The van der Waals surface area contributed by atoms with Crippen LogP contribution in [0.2, 0.25) is 0 Å². The van der Waals surface area contributed by atoms with Crippen LogP contribution in [0.3, 0.4) is 0 Å². The summed E-state index contributed by atoms with van der Waals surface area (Å²) in [5.41, 5.74) is 2.79. The number of ether oxygens (including phenoxy) is 1. The van der Waals surface area contributed by atoms with Crippen molar-refractivity contribution in [2.24, 2.45) is 0 Å². The summed E-state index contributed by atoms with van der Waals surface area (Å²) < 4.78 is 5.48. The van der Waals surface area contributed by atoms with E-state index in [1.54, 1.807) is 7.11 Å². The molecule has 150 valence electrons. The van der Waals surface area contributed by atoms with Crippen molar-refractivity contribution < 1.29 is 14.3 Å². The van der Waals surface area contributed by atoms with Crippen molar-refractivity contribution >= 4 is 23.1 Å². The van der Waals surface area contributed by atoms with Gasteiger partial charge >= 0.3 is 0 Å². The Morgan fingerprint density at radius 2 is 1.45 bits per heavy atom. The number of hydrogen-bond acceptors (Lipinski definition) is 5. The molecule has 2 amide bonds. The number of hydrogen-bond donors (Lipinski definition) is 0. The van der Waals surface area contributed by atoms with Crippen LogP contribution >= 0.6 is 0 Å². The van der Waals surface area contributed by atoms with E-state index in [4.69, 9.17) is 4.74 Å². The number of carbonyl (C=O) groups is 2. The Bertz CT molecular complexity index is 947. The minimum atomic E-state index is -0.248. The van der Waals surface area contributed by atoms with Crippen LogP contribution in [-0.2, 0) is 9.59 Å². The summed E-state index contributed by atoms with van der Waals surface area (Å²) in [7, 11) is 1.58. The van der Waals surface area contributed by atoms with Crippen molar-refractivity contribution in [1.82, 2.24) is 9.80 Å². The van der Waals surface area contributed by atoms with Crippen molar-refractivity contribution in [1.29, 1.82) is 0 Å². The normalized spacial score (nSPS) is 17.4. The molecule has 2 heterocycles. The monoisotopic (exact) mass is 391 g/mol. The zero-order valence-corrected chi connectivity index (χ0v) is 16.8. The molecule has 0 spiro atoms. The number of benzene rings is 2. The average Bonchev–Trinajstić information content (AvgIpc) is 3.03. The number of anilines is 1. The molecule has 0 N–H and O–H groups in total. The van der Waals surface area contributed by atoms with E-state index in [1.807, 2.05) is 49.4 Å². The molecule has 2 aromatic carbocycles. The Morgan fingerprint density at radius 3 is 2.10 bits per heavy atom. The molecule has 0 radical (unpaired) electrons. The molecule has 0 atom stereocenters. The van der Waals surface area contributed by atoms with Gasteiger partial charge in [0.15, 0.2) is 0 Å². The highest BCUT2D eigenvalue weighted by atomic mass is 16.5. The fourth-order valence-electron chi connectivity index (χ4n) is 4.06. The summed E-state index contributed by atoms with van der Waals surface area (Å²) in [4.78, 5) is 31.9. The maximum atomic E-state index is 13.1. The average molecular weight is 391 g/mol. The van der Waals surface area contributed by atoms with Gasteiger partial charge in [0.2, 0.25) is 0 Å². The number of likely N-dealkylation sites (N-methyl/N-ethyl adjacent to an activating group) is 1. The maximum absolute atomic E-state index is 13.1. The Kier molecular flexibility index (Phi) is 5.25. The Hall–Kier alpha value is -3.28. The fourth-order valence-corrected chi connectivity index (χ4v) is 4.06. The molecule has 4 rings (SSSR count). The maximum Gasteiger partial charge on any atom is 0.277 e. The van der Waals surface area contributed by atoms with Gasteiger partial charge in [-0.15, -0.1) is 0 Å². The van der Waals surface area contributed by atoms with Crippen molar-refractivity contribution in [3.8, 4) is 5.75 Å². The minimum Gasteiger partial charge on any atom is -0.496 e. The molecule has 0 unspecified atom stereocenters. The minimum absolute atomic E-state index is 0.216. The number of imide groups is 1. The van der Waals surface area contributed by atoms with Crippen LogP contribution in [0.5, 0.6) is 5.75 Å².